The van der Waals surface area contributed by atoms with Crippen molar-refractivity contribution in [3.8, 4) is 22.6 Å². The van der Waals surface area contributed by atoms with Crippen molar-refractivity contribution in [1.29, 1.82) is 0 Å². The van der Waals surface area contributed by atoms with Crippen molar-refractivity contribution in [3.63, 3.8) is 0 Å². The number of aliphatic hydroxyl groups excluding tert-OH is 4. The molecule has 0 radical (unpaired) electrons. The molecule has 13 N–H and O–H groups in total. The van der Waals surface area contributed by atoms with E-state index in [1.54, 1.807) is 30.3 Å². The summed E-state index contributed by atoms with van der Waals surface area (Å²) < 4.78 is 0. The van der Waals surface area contributed by atoms with Crippen LogP contribution in [0.4, 0.5) is 5.69 Å². The Morgan fingerprint density at radius 2 is 1.31 bits per heavy atom. The van der Waals surface area contributed by atoms with Gasteiger partial charge in [-0.05, 0) is 118 Å². The summed E-state index contributed by atoms with van der Waals surface area (Å²) in [6.45, 7) is 4.20. The third-order valence-electron chi connectivity index (χ3n) is 16.9. The number of ketones is 4. The molecule has 21 heteroatoms. The minimum Gasteiger partial charge on any atom is -0.508 e. The van der Waals surface area contributed by atoms with Gasteiger partial charge >= 0.3 is 0 Å². The number of hydrogen-bond donors (Lipinski definition) is 11. The van der Waals surface area contributed by atoms with Crippen LogP contribution in [-0.2, 0) is 54.8 Å². The van der Waals surface area contributed by atoms with Gasteiger partial charge in [0.15, 0.2) is 34.3 Å². The summed E-state index contributed by atoms with van der Waals surface area (Å²) >= 11 is 0. The van der Waals surface area contributed by atoms with Gasteiger partial charge in [0.05, 0.1) is 35.5 Å². The average molecular weight is 1060 g/mol. The third kappa shape index (κ3) is 8.12. The van der Waals surface area contributed by atoms with Crippen LogP contribution in [0.25, 0.3) is 16.9 Å². The van der Waals surface area contributed by atoms with Crippen molar-refractivity contribution in [3.05, 3.63) is 115 Å². The van der Waals surface area contributed by atoms with Gasteiger partial charge in [0.25, 0.3) is 11.8 Å². The number of carbonyl (C=O) groups is 6. The predicted octanol–water partition coefficient (Wildman–Crippen LogP) is 2.20. The molecule has 0 bridgehead atoms. The number of fused-ring (bicyclic) bond motifs is 6. The molecular formula is C56H64N6O15. The van der Waals surface area contributed by atoms with Gasteiger partial charge in [-0.25, -0.2) is 5.06 Å². The second-order valence-corrected chi connectivity index (χ2v) is 21.7. The number of allylic oxidation sites excluding steroid dienone is 1. The normalized spacial score (nSPS) is 27.3. The van der Waals surface area contributed by atoms with Crippen LogP contribution in [0.15, 0.2) is 82.0 Å². The van der Waals surface area contributed by atoms with Crippen molar-refractivity contribution in [2.24, 2.45) is 41.1 Å². The number of aliphatic hydroxyl groups is 6. The second-order valence-electron chi connectivity index (χ2n) is 21.7. The number of nitrogens with two attached hydrogens (primary N) is 2. The summed E-state index contributed by atoms with van der Waals surface area (Å²) in [6.07, 6.45) is 0.200. The number of nitrogens with zero attached hydrogens (tertiary/aromatic N) is 3. The highest BCUT2D eigenvalue weighted by atomic mass is 16.7. The Morgan fingerprint density at radius 1 is 0.766 bits per heavy atom. The topological polar surface area (TPSA) is 347 Å². The quantitative estimate of drug-likeness (QED) is 0.0814. The predicted molar refractivity (Wildman–Crippen MR) is 277 cm³/mol. The van der Waals surface area contributed by atoms with Crippen molar-refractivity contribution < 1.29 is 74.5 Å². The Kier molecular flexibility index (Phi) is 13.8. The number of carbonyl (C=O) groups excluding carboxylic acids is 6. The zero-order valence-corrected chi connectivity index (χ0v) is 43.7. The second kappa shape index (κ2) is 19.6. The number of hydroxylamine groups is 1. The largest absolute Gasteiger partial charge is 0.508 e. The standard InChI is InChI=1S/C56H64N6O15/c1-8-23(2)20-59-21-28-19-34(31-16-26-17-32-42(60(3)4)47(68)40(53(57)73)50(71)55(32,75)49(70)36(26)45(66)39(31)44(28)65)62(7)77-52-37-27(18-33-43(61(5)6)48(69)41(54(58)74)51(72)56(33,52)76)15-30-29(13-14-35(64)38(30)46(37)67)25-11-9-24(22-63)10-12-25/h9-14,19,23,26-27,32-33,42-43,59,63-66,71-72,75-76H,8,15-18,20-22H2,1-7H3,(H2,57,73)(H2,58,74)/t23?,26-,27-,32-,33-,42-,43?,55-,56+/m0/s1. The lowest BCUT2D eigenvalue weighted by Crippen LogP contribution is -2.65. The molecule has 9 atom stereocenters. The van der Waals surface area contributed by atoms with Gasteiger partial charge < -0.3 is 62.5 Å². The van der Waals surface area contributed by atoms with E-state index < -0.39 is 133 Å². The van der Waals surface area contributed by atoms with Crippen LogP contribution >= 0.6 is 0 Å². The van der Waals surface area contributed by atoms with Gasteiger partial charge in [0.1, 0.15) is 39.9 Å². The number of nitrogens with one attached hydrogen (secondary N) is 1. The number of phenols is 2. The maximum absolute atomic E-state index is 15.4. The molecule has 0 aromatic heterocycles. The van der Waals surface area contributed by atoms with Crippen molar-refractivity contribution in [2.75, 3.05) is 46.8 Å². The molecule has 0 spiro atoms. The van der Waals surface area contributed by atoms with Crippen LogP contribution in [0.2, 0.25) is 0 Å². The van der Waals surface area contributed by atoms with E-state index in [0.29, 0.717) is 28.8 Å². The molecule has 9 rings (SSSR count). The molecule has 3 aromatic rings. The Bertz CT molecular complexity index is 3230. The molecule has 0 saturated heterocycles. The molecule has 0 aliphatic heterocycles. The molecule has 0 heterocycles. The van der Waals surface area contributed by atoms with Gasteiger partial charge in [-0.3, -0.25) is 38.6 Å². The molecule has 408 valence electrons. The molecule has 21 nitrogen and oxygen atoms in total. The highest BCUT2D eigenvalue weighted by Gasteiger charge is 2.66. The van der Waals surface area contributed by atoms with Crippen LogP contribution < -0.4 is 21.8 Å². The first kappa shape index (κ1) is 54.4. The molecule has 1 fully saturated rings. The van der Waals surface area contributed by atoms with E-state index in [1.807, 2.05) is 13.8 Å². The number of primary amides is 2. The molecule has 6 aliphatic carbocycles. The van der Waals surface area contributed by atoms with E-state index in [9.17, 15) is 64.8 Å². The fourth-order valence-corrected chi connectivity index (χ4v) is 12.9. The summed E-state index contributed by atoms with van der Waals surface area (Å²) in [6, 6.07) is 8.74. The smallest absolute Gasteiger partial charge is 0.255 e. The number of benzene rings is 3. The summed E-state index contributed by atoms with van der Waals surface area (Å²) in [4.78, 5) is 93.9. The van der Waals surface area contributed by atoms with E-state index in [2.05, 4.69) is 5.32 Å². The number of rotatable bonds is 14. The molecule has 1 saturated carbocycles. The highest BCUT2D eigenvalue weighted by molar-refractivity contribution is 6.25. The number of hydrogen-bond acceptors (Lipinski definition) is 19. The molecule has 6 aliphatic rings. The first-order valence-corrected chi connectivity index (χ1v) is 25.4. The maximum Gasteiger partial charge on any atom is 0.255 e. The monoisotopic (exact) mass is 1060 g/mol. The van der Waals surface area contributed by atoms with Crippen LogP contribution in [0.3, 0.4) is 0 Å². The van der Waals surface area contributed by atoms with Crippen molar-refractivity contribution >= 4 is 46.4 Å². The average Bonchev–Trinajstić information content (AvgIpc) is 3.37. The summed E-state index contributed by atoms with van der Waals surface area (Å²) in [5.41, 5.74) is 5.14. The number of phenolic OH excluding ortho intramolecular Hbond substituents is 2. The SMILES string of the molecule is CCC(C)CNCc1cc(N(C)OC2=C3C(=O)c4c(O)ccc(-c5ccc(CO)cc5)c4C[C@H]3C[C@H]3C(N(C)C)C(=O)C(C(N)=O)=C(O)[C@@]23O)c2c(c1O)C(O)=C1C(=O)[C@]3(O)C(O)=C(C(N)=O)C(=O)[C@@H](N(C)C)[C@@H]3C[C@@H]1C2. The third-order valence-corrected chi connectivity index (χ3v) is 16.9. The molecular weight excluding hydrogens is 997 g/mol. The zero-order valence-electron chi connectivity index (χ0n) is 43.7. The summed E-state index contributed by atoms with van der Waals surface area (Å²) in [7, 11) is 7.40. The number of anilines is 1. The van der Waals surface area contributed by atoms with E-state index in [-0.39, 0.29) is 78.3 Å². The minimum absolute atomic E-state index is 0.0277. The molecule has 2 unspecified atom stereocenters. The summed E-state index contributed by atoms with van der Waals surface area (Å²) in [5.74, 6) is -15.9. The number of likely N-dealkylation sites (N-methyl/N-ethyl adjacent to an activating group) is 2. The minimum atomic E-state index is -2.92. The highest BCUT2D eigenvalue weighted by Crippen LogP contribution is 2.57. The Balaban J connectivity index is 1.27. The Morgan fingerprint density at radius 3 is 1.86 bits per heavy atom. The van der Waals surface area contributed by atoms with Gasteiger partial charge in [-0.2, -0.15) is 0 Å². The molecule has 77 heavy (non-hydrogen) atoms. The van der Waals surface area contributed by atoms with E-state index in [4.69, 9.17) is 16.3 Å². The zero-order chi connectivity index (χ0) is 56.2. The first-order chi connectivity index (χ1) is 36.3. The van der Waals surface area contributed by atoms with Gasteiger partial charge in [0, 0.05) is 42.1 Å². The lowest BCUT2D eigenvalue weighted by Gasteiger charge is -2.51. The lowest BCUT2D eigenvalue weighted by molar-refractivity contribution is -0.153. The van der Waals surface area contributed by atoms with Gasteiger partial charge in [0.2, 0.25) is 5.78 Å². The van der Waals surface area contributed by atoms with Gasteiger partial charge in [-0.1, -0.05) is 50.6 Å². The van der Waals surface area contributed by atoms with Crippen molar-refractivity contribution in [1.82, 2.24) is 15.1 Å². The lowest BCUT2D eigenvalue weighted by atomic mass is 9.57. The van der Waals surface area contributed by atoms with Gasteiger partial charge in [-0.15, -0.1) is 0 Å². The van der Waals surface area contributed by atoms with E-state index in [0.717, 1.165) is 11.5 Å². The van der Waals surface area contributed by atoms with E-state index >= 15 is 4.79 Å². The fraction of sp³-hybridized carbons (Fsp3) is 0.429. The number of Topliss-reactive ketones (excluding diaryl/α,β-unsaturated/α-hetero) is 4. The van der Waals surface area contributed by atoms with E-state index in [1.165, 1.54) is 57.2 Å². The van der Waals surface area contributed by atoms with Crippen molar-refractivity contribution in [2.45, 2.75) is 82.4 Å². The maximum atomic E-state index is 15.4. The molecule has 3 aromatic carbocycles. The van der Waals surface area contributed by atoms with Crippen LogP contribution in [0, 0.1) is 29.6 Å². The summed E-state index contributed by atoms with van der Waals surface area (Å²) in [5, 5.41) is 99.8. The number of aromatic hydroxyl groups is 2. The van der Waals surface area contributed by atoms with Crippen LogP contribution in [0.1, 0.15) is 71.3 Å². The molecule has 2 amide bonds. The first-order valence-electron chi connectivity index (χ1n) is 25.4. The Labute approximate surface area is 443 Å². The Hall–Kier alpha value is -7.40. The van der Waals surface area contributed by atoms with Crippen LogP contribution in [-0.4, -0.2) is 151 Å². The van der Waals surface area contributed by atoms with Crippen LogP contribution in [0.5, 0.6) is 11.5 Å². The fourth-order valence-electron chi connectivity index (χ4n) is 12.9. The number of amides is 2.